The van der Waals surface area contributed by atoms with Crippen molar-refractivity contribution in [2.75, 3.05) is 7.11 Å². The van der Waals surface area contributed by atoms with Gasteiger partial charge in [0.2, 0.25) is 5.78 Å². The molecule has 1 heterocycles. The smallest absolute Gasteiger partial charge is 0.205 e. The maximum absolute atomic E-state index is 13.0. The Bertz CT molecular complexity index is 987. The lowest BCUT2D eigenvalue weighted by atomic mass is 10.0. The van der Waals surface area contributed by atoms with E-state index in [4.69, 9.17) is 9.47 Å². The largest absolute Gasteiger partial charge is 0.493 e. The predicted octanol–water partition coefficient (Wildman–Crippen LogP) is 4.34. The Balaban J connectivity index is 1.90. The molecule has 1 N–H and O–H groups in total. The number of Topliss-reactive ketones (excluding diaryl/α,β-unsaturated/α-hetero) is 2. The highest BCUT2D eigenvalue weighted by Crippen LogP contribution is 2.30. The summed E-state index contributed by atoms with van der Waals surface area (Å²) in [6, 6.07) is 12.6. The van der Waals surface area contributed by atoms with Gasteiger partial charge in [-0.2, -0.15) is 0 Å². The fourth-order valence-electron chi connectivity index (χ4n) is 3.03. The summed E-state index contributed by atoms with van der Waals surface area (Å²) < 4.78 is 11.2. The zero-order valence-electron chi connectivity index (χ0n) is 15.3. The number of rotatable bonds is 6. The first-order valence-electron chi connectivity index (χ1n) is 8.39. The molecule has 0 aliphatic rings. The lowest BCUT2D eigenvalue weighted by molar-refractivity contribution is 0.0814. The van der Waals surface area contributed by atoms with E-state index in [-0.39, 0.29) is 11.6 Å². The molecule has 0 bridgehead atoms. The third-order valence-electron chi connectivity index (χ3n) is 4.38. The summed E-state index contributed by atoms with van der Waals surface area (Å²) in [5.41, 5.74) is 2.89. The van der Waals surface area contributed by atoms with Gasteiger partial charge in [0.25, 0.3) is 0 Å². The fourth-order valence-corrected chi connectivity index (χ4v) is 3.03. The zero-order chi connectivity index (χ0) is 18.8. The quantitative estimate of drug-likeness (QED) is 0.671. The first-order chi connectivity index (χ1) is 12.4. The van der Waals surface area contributed by atoms with Crippen LogP contribution >= 0.6 is 0 Å². The molecule has 0 amide bonds. The summed E-state index contributed by atoms with van der Waals surface area (Å²) >= 11 is 0. The summed E-state index contributed by atoms with van der Waals surface area (Å²) in [7, 11) is 1.50. The standard InChI is InChI=1S/C21H21NO4/c1-12-20(16-7-5-6-8-17(16)22-12)21(24)14(3)26-18-10-9-15(13(2)23)11-19(18)25-4/h5-11,14,22H,1-4H3/t14-/m1/s1. The molecule has 0 saturated carbocycles. The van der Waals surface area contributed by atoms with Gasteiger partial charge >= 0.3 is 0 Å². The molecule has 0 unspecified atom stereocenters. The van der Waals surface area contributed by atoms with Crippen LogP contribution in [-0.2, 0) is 0 Å². The molecular weight excluding hydrogens is 330 g/mol. The van der Waals surface area contributed by atoms with E-state index in [1.165, 1.54) is 14.0 Å². The Hall–Kier alpha value is -3.08. The summed E-state index contributed by atoms with van der Waals surface area (Å²) in [5, 5.41) is 0.879. The SMILES string of the molecule is COc1cc(C(C)=O)ccc1O[C@H](C)C(=O)c1c(C)[nH]c2ccccc12. The number of nitrogens with one attached hydrogen (secondary N) is 1. The normalized spacial score (nSPS) is 12.0. The van der Waals surface area contributed by atoms with Crippen molar-refractivity contribution < 1.29 is 19.1 Å². The number of methoxy groups -OCH3 is 1. The molecular formula is C21H21NO4. The van der Waals surface area contributed by atoms with Crippen LogP contribution in [0.5, 0.6) is 11.5 Å². The van der Waals surface area contributed by atoms with E-state index in [9.17, 15) is 9.59 Å². The van der Waals surface area contributed by atoms with Crippen LogP contribution in [0.25, 0.3) is 10.9 Å². The van der Waals surface area contributed by atoms with E-state index in [1.54, 1.807) is 25.1 Å². The van der Waals surface area contributed by atoms with Crippen molar-refractivity contribution in [3.05, 3.63) is 59.3 Å². The van der Waals surface area contributed by atoms with Gasteiger partial charge in [-0.3, -0.25) is 9.59 Å². The maximum Gasteiger partial charge on any atom is 0.205 e. The fraction of sp³-hybridized carbons (Fsp3) is 0.238. The second-order valence-corrected chi connectivity index (χ2v) is 6.22. The lowest BCUT2D eigenvalue weighted by Crippen LogP contribution is -2.24. The molecule has 0 spiro atoms. The minimum Gasteiger partial charge on any atom is -0.493 e. The van der Waals surface area contributed by atoms with Crippen molar-refractivity contribution in [3.8, 4) is 11.5 Å². The number of ether oxygens (including phenoxy) is 2. The molecule has 1 atom stereocenters. The van der Waals surface area contributed by atoms with Gasteiger partial charge in [-0.25, -0.2) is 0 Å². The topological polar surface area (TPSA) is 68.4 Å². The Labute approximate surface area is 151 Å². The molecule has 0 fully saturated rings. The third kappa shape index (κ3) is 3.20. The van der Waals surface area contributed by atoms with Gasteiger partial charge in [-0.15, -0.1) is 0 Å². The Kier molecular flexibility index (Phi) is 4.80. The summed E-state index contributed by atoms with van der Waals surface area (Å²) in [6.45, 7) is 5.07. The maximum atomic E-state index is 13.0. The highest BCUT2D eigenvalue weighted by Gasteiger charge is 2.24. The number of aromatic nitrogens is 1. The number of fused-ring (bicyclic) bond motifs is 1. The Morgan fingerprint density at radius 2 is 1.81 bits per heavy atom. The van der Waals surface area contributed by atoms with Crippen LogP contribution in [0.1, 0.15) is 40.3 Å². The van der Waals surface area contributed by atoms with Crippen molar-refractivity contribution in [1.82, 2.24) is 4.98 Å². The van der Waals surface area contributed by atoms with Crippen molar-refractivity contribution >= 4 is 22.5 Å². The van der Waals surface area contributed by atoms with Crippen LogP contribution in [0, 0.1) is 6.92 Å². The van der Waals surface area contributed by atoms with Crippen LogP contribution in [0.2, 0.25) is 0 Å². The molecule has 0 saturated heterocycles. The molecule has 3 aromatic rings. The number of aromatic amines is 1. The van der Waals surface area contributed by atoms with Crippen molar-refractivity contribution in [2.24, 2.45) is 0 Å². The van der Waals surface area contributed by atoms with E-state index in [1.807, 2.05) is 31.2 Å². The van der Waals surface area contributed by atoms with Gasteiger partial charge in [0.05, 0.1) is 7.11 Å². The zero-order valence-corrected chi connectivity index (χ0v) is 15.3. The number of para-hydroxylation sites is 1. The Morgan fingerprint density at radius 1 is 1.08 bits per heavy atom. The highest BCUT2D eigenvalue weighted by molar-refractivity contribution is 6.11. The summed E-state index contributed by atoms with van der Waals surface area (Å²) in [6.07, 6.45) is -0.704. The molecule has 0 aliphatic carbocycles. The number of H-pyrrole nitrogens is 1. The van der Waals surface area contributed by atoms with Crippen molar-refractivity contribution in [1.29, 1.82) is 0 Å². The van der Waals surface area contributed by atoms with Gasteiger partial charge in [0, 0.05) is 27.7 Å². The average molecular weight is 351 g/mol. The van der Waals surface area contributed by atoms with Gasteiger partial charge < -0.3 is 14.5 Å². The number of hydrogen-bond donors (Lipinski definition) is 1. The van der Waals surface area contributed by atoms with E-state index < -0.39 is 6.10 Å². The number of ketones is 2. The molecule has 0 aliphatic heterocycles. The molecule has 5 heteroatoms. The molecule has 1 aromatic heterocycles. The van der Waals surface area contributed by atoms with Crippen LogP contribution in [-0.4, -0.2) is 29.8 Å². The van der Waals surface area contributed by atoms with Gasteiger partial charge in [-0.05, 0) is 45.0 Å². The summed E-state index contributed by atoms with van der Waals surface area (Å²) in [4.78, 5) is 27.7. The minimum atomic E-state index is -0.704. The van der Waals surface area contributed by atoms with Crippen molar-refractivity contribution in [2.45, 2.75) is 26.9 Å². The monoisotopic (exact) mass is 351 g/mol. The van der Waals surface area contributed by atoms with Gasteiger partial charge in [-0.1, -0.05) is 18.2 Å². The van der Waals surface area contributed by atoms with Gasteiger partial charge in [0.1, 0.15) is 0 Å². The first kappa shape index (κ1) is 17.7. The minimum absolute atomic E-state index is 0.0617. The number of aryl methyl sites for hydroxylation is 1. The summed E-state index contributed by atoms with van der Waals surface area (Å²) in [5.74, 6) is 0.676. The molecule has 2 aromatic carbocycles. The van der Waals surface area contributed by atoms with Crippen molar-refractivity contribution in [3.63, 3.8) is 0 Å². The average Bonchev–Trinajstić information content (AvgIpc) is 2.96. The number of hydrogen-bond acceptors (Lipinski definition) is 4. The third-order valence-corrected chi connectivity index (χ3v) is 4.38. The Morgan fingerprint density at radius 3 is 2.50 bits per heavy atom. The first-order valence-corrected chi connectivity index (χ1v) is 8.39. The number of benzene rings is 2. The van der Waals surface area contributed by atoms with E-state index >= 15 is 0 Å². The molecule has 5 nitrogen and oxygen atoms in total. The van der Waals surface area contributed by atoms with Crippen LogP contribution in [0.4, 0.5) is 0 Å². The second-order valence-electron chi connectivity index (χ2n) is 6.22. The predicted molar refractivity (Wildman–Crippen MR) is 100 cm³/mol. The second kappa shape index (κ2) is 7.04. The van der Waals surface area contributed by atoms with E-state index in [0.29, 0.717) is 22.6 Å². The van der Waals surface area contributed by atoms with Crippen LogP contribution in [0.3, 0.4) is 0 Å². The number of carbonyl (C=O) groups is 2. The molecule has 3 rings (SSSR count). The molecule has 134 valence electrons. The van der Waals surface area contributed by atoms with Crippen LogP contribution in [0.15, 0.2) is 42.5 Å². The lowest BCUT2D eigenvalue weighted by Gasteiger charge is -2.17. The highest BCUT2D eigenvalue weighted by atomic mass is 16.5. The van der Waals surface area contributed by atoms with E-state index in [0.717, 1.165) is 16.6 Å². The molecule has 0 radical (unpaired) electrons. The van der Waals surface area contributed by atoms with E-state index in [2.05, 4.69) is 4.98 Å². The van der Waals surface area contributed by atoms with Crippen LogP contribution < -0.4 is 9.47 Å². The molecule has 26 heavy (non-hydrogen) atoms. The van der Waals surface area contributed by atoms with Gasteiger partial charge in [0.15, 0.2) is 23.4 Å². The number of carbonyl (C=O) groups excluding carboxylic acids is 2.